The number of hydrogen-bond donors (Lipinski definition) is 2. The van der Waals surface area contributed by atoms with Crippen LogP contribution in [0.5, 0.6) is 0 Å². The van der Waals surface area contributed by atoms with Crippen molar-refractivity contribution in [1.82, 2.24) is 29.9 Å². The molecule has 1 saturated heterocycles. The van der Waals surface area contributed by atoms with Gasteiger partial charge < -0.3 is 15.1 Å². The second-order valence-electron chi connectivity index (χ2n) is 10.3. The number of aromatic amines is 1. The van der Waals surface area contributed by atoms with Gasteiger partial charge in [0, 0.05) is 36.4 Å². The minimum atomic E-state index is -0.556. The summed E-state index contributed by atoms with van der Waals surface area (Å²) < 4.78 is 0. The quantitative estimate of drug-likeness (QED) is 0.731. The number of carbonyl (C=O) groups excluding carboxylic acids is 2. The number of nitrogens with one attached hydrogen (secondary N) is 2. The second-order valence-corrected chi connectivity index (χ2v) is 10.3. The normalized spacial score (nSPS) is 23.7. The third kappa shape index (κ3) is 3.49. The summed E-state index contributed by atoms with van der Waals surface area (Å²) in [7, 11) is 2.20. The first-order valence-corrected chi connectivity index (χ1v) is 11.8. The lowest BCUT2D eigenvalue weighted by Crippen LogP contribution is -2.66. The number of carbonyl (C=O) groups is 2. The van der Waals surface area contributed by atoms with Crippen molar-refractivity contribution in [3.63, 3.8) is 0 Å². The lowest BCUT2D eigenvalue weighted by molar-refractivity contribution is -0.00744. The SMILES string of the molecule is C[C@H]1CN(C)C2(CCCC2)CN1C(=O)N1Cc2c(NC(=O)c3ccccn3)n[nH]c2C1(C)C. The maximum absolute atomic E-state index is 13.9. The molecule has 0 radical (unpaired) electrons. The van der Waals surface area contributed by atoms with E-state index in [0.717, 1.165) is 37.2 Å². The van der Waals surface area contributed by atoms with E-state index < -0.39 is 5.54 Å². The number of likely N-dealkylation sites (N-methyl/N-ethyl adjacent to an activating group) is 1. The van der Waals surface area contributed by atoms with E-state index in [0.29, 0.717) is 18.1 Å². The summed E-state index contributed by atoms with van der Waals surface area (Å²) in [6.45, 7) is 8.26. The molecule has 2 aromatic rings. The molecule has 2 fully saturated rings. The Hall–Kier alpha value is -2.94. The molecule has 33 heavy (non-hydrogen) atoms. The van der Waals surface area contributed by atoms with Gasteiger partial charge in [0.05, 0.1) is 17.8 Å². The fourth-order valence-corrected chi connectivity index (χ4v) is 5.86. The van der Waals surface area contributed by atoms with E-state index >= 15 is 0 Å². The van der Waals surface area contributed by atoms with Gasteiger partial charge in [-0.25, -0.2) is 4.79 Å². The molecule has 1 aliphatic carbocycles. The topological polar surface area (TPSA) is 97.5 Å². The molecule has 4 heterocycles. The van der Waals surface area contributed by atoms with Crippen molar-refractivity contribution < 1.29 is 9.59 Å². The van der Waals surface area contributed by atoms with Gasteiger partial charge in [0.15, 0.2) is 5.82 Å². The van der Waals surface area contributed by atoms with E-state index in [-0.39, 0.29) is 23.5 Å². The highest BCUT2D eigenvalue weighted by Gasteiger charge is 2.50. The van der Waals surface area contributed by atoms with Gasteiger partial charge in [-0.1, -0.05) is 18.9 Å². The van der Waals surface area contributed by atoms with E-state index in [2.05, 4.69) is 44.3 Å². The lowest BCUT2D eigenvalue weighted by atomic mass is 9.90. The van der Waals surface area contributed by atoms with E-state index in [9.17, 15) is 9.59 Å². The molecule has 5 rings (SSSR count). The first-order chi connectivity index (χ1) is 15.7. The highest BCUT2D eigenvalue weighted by molar-refractivity contribution is 6.02. The van der Waals surface area contributed by atoms with Crippen LogP contribution >= 0.6 is 0 Å². The molecule has 2 N–H and O–H groups in total. The number of rotatable bonds is 2. The van der Waals surface area contributed by atoms with Crippen LogP contribution in [0.1, 0.15) is 68.2 Å². The zero-order valence-electron chi connectivity index (χ0n) is 19.9. The Labute approximate surface area is 194 Å². The molecule has 1 atom stereocenters. The number of aromatic nitrogens is 3. The van der Waals surface area contributed by atoms with Gasteiger partial charge >= 0.3 is 6.03 Å². The molecular weight excluding hydrogens is 418 g/mol. The summed E-state index contributed by atoms with van der Waals surface area (Å²) in [6, 6.07) is 5.40. The molecule has 2 aromatic heterocycles. The number of H-pyrrole nitrogens is 1. The largest absolute Gasteiger partial charge is 0.321 e. The van der Waals surface area contributed by atoms with Gasteiger partial charge in [-0.05, 0) is 52.8 Å². The van der Waals surface area contributed by atoms with Crippen molar-refractivity contribution in [3.05, 3.63) is 41.3 Å². The van der Waals surface area contributed by atoms with Gasteiger partial charge in [-0.2, -0.15) is 5.10 Å². The minimum Gasteiger partial charge on any atom is -0.319 e. The Kier molecular flexibility index (Phi) is 5.19. The molecule has 0 aromatic carbocycles. The average Bonchev–Trinajstić information content (AvgIpc) is 3.48. The van der Waals surface area contributed by atoms with Crippen LogP contribution < -0.4 is 5.32 Å². The Morgan fingerprint density at radius 3 is 2.67 bits per heavy atom. The molecule has 3 aliphatic rings. The van der Waals surface area contributed by atoms with Crippen LogP contribution in [0.15, 0.2) is 24.4 Å². The summed E-state index contributed by atoms with van der Waals surface area (Å²) in [4.78, 5) is 37.1. The highest BCUT2D eigenvalue weighted by atomic mass is 16.2. The van der Waals surface area contributed by atoms with Crippen molar-refractivity contribution in [2.24, 2.45) is 0 Å². The average molecular weight is 452 g/mol. The summed E-state index contributed by atoms with van der Waals surface area (Å²) in [5.74, 6) is 0.145. The van der Waals surface area contributed by atoms with Crippen LogP contribution in [0.3, 0.4) is 0 Å². The van der Waals surface area contributed by atoms with E-state index in [1.54, 1.807) is 24.4 Å². The van der Waals surface area contributed by atoms with E-state index in [1.165, 1.54) is 12.8 Å². The summed E-state index contributed by atoms with van der Waals surface area (Å²) >= 11 is 0. The molecule has 1 spiro atoms. The highest BCUT2D eigenvalue weighted by Crippen LogP contribution is 2.43. The Morgan fingerprint density at radius 1 is 1.21 bits per heavy atom. The van der Waals surface area contributed by atoms with E-state index in [4.69, 9.17) is 0 Å². The maximum Gasteiger partial charge on any atom is 0.321 e. The van der Waals surface area contributed by atoms with Crippen LogP contribution in [0, 0.1) is 0 Å². The molecule has 1 saturated carbocycles. The third-order valence-corrected chi connectivity index (χ3v) is 7.95. The van der Waals surface area contributed by atoms with Crippen molar-refractivity contribution in [1.29, 1.82) is 0 Å². The predicted molar refractivity (Wildman–Crippen MR) is 125 cm³/mol. The van der Waals surface area contributed by atoms with Crippen molar-refractivity contribution in [2.45, 2.75) is 70.1 Å². The van der Waals surface area contributed by atoms with Crippen molar-refractivity contribution in [3.8, 4) is 0 Å². The molecule has 176 valence electrons. The van der Waals surface area contributed by atoms with Gasteiger partial charge in [-0.3, -0.25) is 19.8 Å². The first kappa shape index (κ1) is 21.9. The Balaban J connectivity index is 1.37. The molecule has 0 bridgehead atoms. The molecule has 0 unspecified atom stereocenters. The minimum absolute atomic E-state index is 0.0541. The third-order valence-electron chi connectivity index (χ3n) is 7.95. The molecule has 9 nitrogen and oxygen atoms in total. The zero-order valence-corrected chi connectivity index (χ0v) is 19.9. The fourth-order valence-electron chi connectivity index (χ4n) is 5.86. The van der Waals surface area contributed by atoms with Crippen molar-refractivity contribution in [2.75, 3.05) is 25.5 Å². The van der Waals surface area contributed by atoms with Crippen LogP contribution in [0.2, 0.25) is 0 Å². The number of anilines is 1. The zero-order chi connectivity index (χ0) is 23.4. The Morgan fingerprint density at radius 2 is 1.97 bits per heavy atom. The van der Waals surface area contributed by atoms with Crippen molar-refractivity contribution >= 4 is 17.8 Å². The van der Waals surface area contributed by atoms with Crippen LogP contribution in [0.25, 0.3) is 0 Å². The summed E-state index contributed by atoms with van der Waals surface area (Å²) in [5.41, 5.74) is 1.59. The molecular formula is C24H33N7O2. The number of pyridine rings is 1. The number of nitrogens with zero attached hydrogens (tertiary/aromatic N) is 5. The molecule has 2 aliphatic heterocycles. The summed E-state index contributed by atoms with van der Waals surface area (Å²) in [5, 5.41) is 10.3. The van der Waals surface area contributed by atoms with Crippen LogP contribution in [-0.2, 0) is 12.1 Å². The smallest absolute Gasteiger partial charge is 0.319 e. The monoisotopic (exact) mass is 451 g/mol. The summed E-state index contributed by atoms with van der Waals surface area (Å²) in [6.07, 6.45) is 6.34. The molecule has 9 heteroatoms. The maximum atomic E-state index is 13.9. The van der Waals surface area contributed by atoms with Gasteiger partial charge in [0.25, 0.3) is 5.91 Å². The second kappa shape index (κ2) is 7.83. The lowest BCUT2D eigenvalue weighted by Gasteiger charge is -2.52. The number of amides is 3. The van der Waals surface area contributed by atoms with Crippen LogP contribution in [-0.4, -0.2) is 73.5 Å². The predicted octanol–water partition coefficient (Wildman–Crippen LogP) is 3.18. The fraction of sp³-hybridized carbons (Fsp3) is 0.583. The van der Waals surface area contributed by atoms with Gasteiger partial charge in [-0.15, -0.1) is 0 Å². The van der Waals surface area contributed by atoms with Gasteiger partial charge in [0.1, 0.15) is 5.69 Å². The van der Waals surface area contributed by atoms with Gasteiger partial charge in [0.2, 0.25) is 0 Å². The standard InChI is InChI=1S/C24H33N7O2/c1-16-13-29(4)24(10-6-7-11-24)15-30(16)22(33)31-14-17-19(23(31,2)3)27-28-20(17)26-21(32)18-9-5-8-12-25-18/h5,8-9,12,16H,6-7,10-11,13-15H2,1-4H3,(H2,26,27,28,32)/t16-/m0/s1. The number of piperazine rings is 1. The number of urea groups is 1. The molecule has 3 amide bonds. The Bertz CT molecular complexity index is 1060. The van der Waals surface area contributed by atoms with E-state index in [1.807, 2.05) is 18.7 Å². The first-order valence-electron chi connectivity index (χ1n) is 11.8. The number of fused-ring (bicyclic) bond motifs is 1. The number of hydrogen-bond acceptors (Lipinski definition) is 5. The van der Waals surface area contributed by atoms with Crippen LogP contribution in [0.4, 0.5) is 10.6 Å².